The lowest BCUT2D eigenvalue weighted by Crippen LogP contribution is -2.39. The van der Waals surface area contributed by atoms with E-state index in [0.717, 1.165) is 32.4 Å². The smallest absolute Gasteiger partial charge is 0.322 e. The molecule has 0 aliphatic carbocycles. The lowest BCUT2D eigenvalue weighted by atomic mass is 9.92. The summed E-state index contributed by atoms with van der Waals surface area (Å²) >= 11 is 0. The largest absolute Gasteiger partial charge is 0.480 e. The minimum atomic E-state index is -1.01. The molecule has 1 amide bonds. The number of hydrogen-bond acceptors (Lipinski definition) is 3. The third-order valence-electron chi connectivity index (χ3n) is 3.90. The molecule has 0 bridgehead atoms. The maximum absolute atomic E-state index is 11.7. The van der Waals surface area contributed by atoms with Crippen molar-refractivity contribution >= 4 is 11.9 Å². The summed E-state index contributed by atoms with van der Waals surface area (Å²) in [5.41, 5.74) is 1.37. The predicted molar refractivity (Wildman–Crippen MR) is 80.1 cm³/mol. The Morgan fingerprint density at radius 3 is 2.67 bits per heavy atom. The molecule has 0 radical (unpaired) electrons. The molecular weight excluding hydrogens is 268 g/mol. The first kappa shape index (κ1) is 15.5. The Balaban J connectivity index is 1.81. The van der Waals surface area contributed by atoms with Gasteiger partial charge in [0.05, 0.1) is 6.54 Å². The summed E-state index contributed by atoms with van der Waals surface area (Å²) in [6, 6.07) is 10.5. The van der Waals surface area contributed by atoms with Crippen molar-refractivity contribution in [2.45, 2.75) is 25.2 Å². The quantitative estimate of drug-likeness (QED) is 0.861. The number of carbonyl (C=O) groups is 2. The number of nitrogens with zero attached hydrogens (tertiary/aromatic N) is 1. The van der Waals surface area contributed by atoms with E-state index in [2.05, 4.69) is 34.5 Å². The Kier molecular flexibility index (Phi) is 5.75. The highest BCUT2D eigenvalue weighted by Gasteiger charge is 2.19. The van der Waals surface area contributed by atoms with E-state index in [1.54, 1.807) is 0 Å². The molecule has 0 saturated carbocycles. The standard InChI is InChI=1S/C16H22N2O3/c19-15(17-11-16(20)21)12-18-9-4-7-14(8-10-18)13-5-2-1-3-6-13/h1-3,5-6,14H,4,7-12H2,(H,17,19)(H,20,21)/t14-/m0/s1. The topological polar surface area (TPSA) is 69.6 Å². The molecule has 2 N–H and O–H groups in total. The molecule has 1 aromatic carbocycles. The van der Waals surface area contributed by atoms with Gasteiger partial charge in [0.15, 0.2) is 0 Å². The van der Waals surface area contributed by atoms with E-state index in [0.29, 0.717) is 5.92 Å². The van der Waals surface area contributed by atoms with Crippen LogP contribution in [0.4, 0.5) is 0 Å². The predicted octanol–water partition coefficient (Wildman–Crippen LogP) is 1.46. The Hall–Kier alpha value is -1.88. The van der Waals surface area contributed by atoms with Gasteiger partial charge in [-0.25, -0.2) is 0 Å². The summed E-state index contributed by atoms with van der Waals surface area (Å²) in [7, 11) is 0. The van der Waals surface area contributed by atoms with Crippen LogP contribution in [-0.2, 0) is 9.59 Å². The van der Waals surface area contributed by atoms with Crippen LogP contribution in [0.15, 0.2) is 30.3 Å². The van der Waals surface area contributed by atoms with Gasteiger partial charge in [0.2, 0.25) is 5.91 Å². The van der Waals surface area contributed by atoms with E-state index in [9.17, 15) is 9.59 Å². The highest BCUT2D eigenvalue weighted by Crippen LogP contribution is 2.27. The number of hydrogen-bond donors (Lipinski definition) is 2. The summed E-state index contributed by atoms with van der Waals surface area (Å²) in [6.45, 7) is 1.75. The van der Waals surface area contributed by atoms with Gasteiger partial charge in [-0.2, -0.15) is 0 Å². The molecule has 0 spiro atoms. The second-order valence-electron chi connectivity index (χ2n) is 5.49. The normalized spacial score (nSPS) is 19.7. The molecule has 2 rings (SSSR count). The molecule has 5 nitrogen and oxygen atoms in total. The molecule has 0 unspecified atom stereocenters. The third kappa shape index (κ3) is 5.19. The average molecular weight is 290 g/mol. The van der Waals surface area contributed by atoms with E-state index in [1.165, 1.54) is 5.56 Å². The van der Waals surface area contributed by atoms with E-state index >= 15 is 0 Å². The maximum atomic E-state index is 11.7. The van der Waals surface area contributed by atoms with Crippen LogP contribution >= 0.6 is 0 Å². The van der Waals surface area contributed by atoms with Gasteiger partial charge in [-0.3, -0.25) is 14.5 Å². The molecule has 1 heterocycles. The summed E-state index contributed by atoms with van der Waals surface area (Å²) in [5.74, 6) is -0.669. The van der Waals surface area contributed by atoms with E-state index in [1.807, 2.05) is 6.07 Å². The number of likely N-dealkylation sites (tertiary alicyclic amines) is 1. The Labute approximate surface area is 125 Å². The van der Waals surface area contributed by atoms with E-state index in [-0.39, 0.29) is 19.0 Å². The van der Waals surface area contributed by atoms with Gasteiger partial charge in [0.25, 0.3) is 0 Å². The number of rotatable bonds is 5. The summed E-state index contributed by atoms with van der Waals surface area (Å²) in [4.78, 5) is 24.2. The van der Waals surface area contributed by atoms with Crippen LogP contribution in [0.5, 0.6) is 0 Å². The second kappa shape index (κ2) is 7.78. The van der Waals surface area contributed by atoms with Gasteiger partial charge in [0.1, 0.15) is 6.54 Å². The van der Waals surface area contributed by atoms with Gasteiger partial charge in [0, 0.05) is 0 Å². The first-order chi connectivity index (χ1) is 10.1. The van der Waals surface area contributed by atoms with Crippen LogP contribution in [0.3, 0.4) is 0 Å². The van der Waals surface area contributed by atoms with Crippen molar-refractivity contribution in [3.8, 4) is 0 Å². The lowest BCUT2D eigenvalue weighted by Gasteiger charge is -2.19. The van der Waals surface area contributed by atoms with Crippen molar-refractivity contribution < 1.29 is 14.7 Å². The fourth-order valence-corrected chi connectivity index (χ4v) is 2.81. The minimum absolute atomic E-state index is 0.212. The average Bonchev–Trinajstić information content (AvgIpc) is 2.72. The molecule has 21 heavy (non-hydrogen) atoms. The van der Waals surface area contributed by atoms with Gasteiger partial charge >= 0.3 is 5.97 Å². The van der Waals surface area contributed by atoms with Crippen molar-refractivity contribution in [3.05, 3.63) is 35.9 Å². The highest BCUT2D eigenvalue weighted by atomic mass is 16.4. The van der Waals surface area contributed by atoms with Crippen molar-refractivity contribution in [2.75, 3.05) is 26.2 Å². The molecule has 1 aromatic rings. The zero-order chi connectivity index (χ0) is 15.1. The maximum Gasteiger partial charge on any atom is 0.322 e. The number of aliphatic carboxylic acids is 1. The molecular formula is C16H22N2O3. The van der Waals surface area contributed by atoms with E-state index < -0.39 is 5.97 Å². The van der Waals surface area contributed by atoms with E-state index in [4.69, 9.17) is 5.11 Å². The summed E-state index contributed by atoms with van der Waals surface area (Å²) < 4.78 is 0. The van der Waals surface area contributed by atoms with Crippen LogP contribution in [0.2, 0.25) is 0 Å². The van der Waals surface area contributed by atoms with Gasteiger partial charge < -0.3 is 10.4 Å². The van der Waals surface area contributed by atoms with Crippen molar-refractivity contribution in [1.29, 1.82) is 0 Å². The van der Waals surface area contributed by atoms with Crippen LogP contribution in [0.1, 0.15) is 30.7 Å². The summed E-state index contributed by atoms with van der Waals surface area (Å²) in [6.07, 6.45) is 3.24. The number of benzene rings is 1. The van der Waals surface area contributed by atoms with Crippen molar-refractivity contribution in [3.63, 3.8) is 0 Å². The SMILES string of the molecule is O=C(O)CNC(=O)CN1CCC[C@H](c2ccccc2)CC1. The lowest BCUT2D eigenvalue weighted by molar-refractivity contribution is -0.138. The first-order valence-electron chi connectivity index (χ1n) is 7.41. The molecule has 1 aliphatic rings. The molecule has 114 valence electrons. The molecule has 1 aliphatic heterocycles. The Bertz CT molecular complexity index is 476. The molecule has 1 atom stereocenters. The van der Waals surface area contributed by atoms with Crippen molar-refractivity contribution in [2.24, 2.45) is 0 Å². The van der Waals surface area contributed by atoms with Crippen molar-refractivity contribution in [1.82, 2.24) is 10.2 Å². The second-order valence-corrected chi connectivity index (χ2v) is 5.49. The van der Waals surface area contributed by atoms with Crippen LogP contribution < -0.4 is 5.32 Å². The minimum Gasteiger partial charge on any atom is -0.480 e. The first-order valence-corrected chi connectivity index (χ1v) is 7.41. The van der Waals surface area contributed by atoms with Crippen LogP contribution in [0, 0.1) is 0 Å². The Morgan fingerprint density at radius 2 is 1.95 bits per heavy atom. The number of carboxylic acid groups (broad SMARTS) is 1. The fraction of sp³-hybridized carbons (Fsp3) is 0.500. The number of nitrogens with one attached hydrogen (secondary N) is 1. The Morgan fingerprint density at radius 1 is 1.19 bits per heavy atom. The molecule has 0 aromatic heterocycles. The van der Waals surface area contributed by atoms with Gasteiger partial charge in [-0.15, -0.1) is 0 Å². The fourth-order valence-electron chi connectivity index (χ4n) is 2.81. The van der Waals surface area contributed by atoms with Crippen LogP contribution in [0.25, 0.3) is 0 Å². The van der Waals surface area contributed by atoms with Crippen LogP contribution in [-0.4, -0.2) is 48.1 Å². The zero-order valence-corrected chi connectivity index (χ0v) is 12.1. The summed E-state index contributed by atoms with van der Waals surface area (Å²) in [5, 5.41) is 11.0. The number of amides is 1. The zero-order valence-electron chi connectivity index (χ0n) is 12.1. The number of carbonyl (C=O) groups excluding carboxylic acids is 1. The van der Waals surface area contributed by atoms with Gasteiger partial charge in [-0.1, -0.05) is 30.3 Å². The third-order valence-corrected chi connectivity index (χ3v) is 3.90. The molecule has 1 fully saturated rings. The molecule has 5 heteroatoms. The van der Waals surface area contributed by atoms with Gasteiger partial charge in [-0.05, 0) is 43.8 Å². The molecule has 1 saturated heterocycles. The monoisotopic (exact) mass is 290 g/mol. The number of carboxylic acids is 1. The highest BCUT2D eigenvalue weighted by molar-refractivity contribution is 5.82.